The highest BCUT2D eigenvalue weighted by Crippen LogP contribution is 2.22. The van der Waals surface area contributed by atoms with Crippen molar-refractivity contribution in [1.82, 2.24) is 0 Å². The Morgan fingerprint density at radius 3 is 2.48 bits per heavy atom. The lowest BCUT2D eigenvalue weighted by Gasteiger charge is -2.15. The minimum absolute atomic E-state index is 0. The summed E-state index contributed by atoms with van der Waals surface area (Å²) in [7, 11) is 0. The highest BCUT2D eigenvalue weighted by Gasteiger charge is 2.18. The van der Waals surface area contributed by atoms with E-state index in [9.17, 15) is 4.79 Å². The number of amides is 1. The highest BCUT2D eigenvalue weighted by atomic mass is 127. The summed E-state index contributed by atoms with van der Waals surface area (Å²) in [5, 5.41) is 1.15. The standard InChI is InChI=1S/C20H21N2OS.HI/c1-3-14-22-18-11-7-8-12-19(18)24-20(22)13-15-21(16(2)23)17-9-5-4-6-10-17;/h4-13,15H,3,14H2,1-2H3;1H/q+1;/p-1. The van der Waals surface area contributed by atoms with Gasteiger partial charge in [-0.25, -0.2) is 0 Å². The molecular formula is C20H21IN2OS. The topological polar surface area (TPSA) is 24.2 Å². The van der Waals surface area contributed by atoms with Crippen molar-refractivity contribution in [2.75, 3.05) is 4.90 Å². The van der Waals surface area contributed by atoms with Crippen molar-refractivity contribution in [3.63, 3.8) is 0 Å². The van der Waals surface area contributed by atoms with Crippen LogP contribution in [0.3, 0.4) is 0 Å². The summed E-state index contributed by atoms with van der Waals surface area (Å²) in [6, 6.07) is 18.1. The number of hydrogen-bond donors (Lipinski definition) is 0. The second kappa shape index (κ2) is 9.10. The van der Waals surface area contributed by atoms with E-state index in [0.29, 0.717) is 0 Å². The van der Waals surface area contributed by atoms with Crippen molar-refractivity contribution in [3.05, 3.63) is 65.8 Å². The number of carbonyl (C=O) groups excluding carboxylic acids is 1. The molecule has 1 amide bonds. The van der Waals surface area contributed by atoms with E-state index in [-0.39, 0.29) is 29.9 Å². The number of para-hydroxylation sites is 2. The van der Waals surface area contributed by atoms with Gasteiger partial charge in [-0.05, 0) is 18.2 Å². The summed E-state index contributed by atoms with van der Waals surface area (Å²) in [5.41, 5.74) is 2.13. The molecule has 0 saturated heterocycles. The number of aryl methyl sites for hydroxylation is 1. The second-order valence-corrected chi connectivity index (χ2v) is 6.66. The predicted molar refractivity (Wildman–Crippen MR) is 101 cm³/mol. The molecule has 0 N–H and O–H groups in total. The Morgan fingerprint density at radius 1 is 1.12 bits per heavy atom. The minimum atomic E-state index is 0. The van der Waals surface area contributed by atoms with Crippen molar-refractivity contribution in [2.24, 2.45) is 0 Å². The van der Waals surface area contributed by atoms with Crippen LogP contribution in [0.2, 0.25) is 0 Å². The molecule has 25 heavy (non-hydrogen) atoms. The molecule has 0 unspecified atom stereocenters. The van der Waals surface area contributed by atoms with E-state index in [4.69, 9.17) is 0 Å². The summed E-state index contributed by atoms with van der Waals surface area (Å²) < 4.78 is 3.58. The summed E-state index contributed by atoms with van der Waals surface area (Å²) in [6.45, 7) is 4.73. The molecule has 3 aromatic rings. The average Bonchev–Trinajstić information content (AvgIpc) is 2.94. The van der Waals surface area contributed by atoms with Gasteiger partial charge in [-0.1, -0.05) is 48.6 Å². The quantitative estimate of drug-likeness (QED) is 0.416. The molecule has 0 atom stereocenters. The third kappa shape index (κ3) is 4.46. The lowest BCUT2D eigenvalue weighted by atomic mass is 10.3. The van der Waals surface area contributed by atoms with E-state index >= 15 is 0 Å². The maximum atomic E-state index is 12.0. The van der Waals surface area contributed by atoms with E-state index in [1.165, 1.54) is 10.2 Å². The molecule has 1 aromatic heterocycles. The molecule has 1 heterocycles. The Labute approximate surface area is 169 Å². The molecule has 2 aromatic carbocycles. The first-order chi connectivity index (χ1) is 11.7. The first-order valence-electron chi connectivity index (χ1n) is 8.15. The van der Waals surface area contributed by atoms with Gasteiger partial charge in [-0.2, -0.15) is 4.57 Å². The molecule has 3 rings (SSSR count). The van der Waals surface area contributed by atoms with Crippen LogP contribution in [0.5, 0.6) is 0 Å². The van der Waals surface area contributed by atoms with Crippen molar-refractivity contribution in [1.29, 1.82) is 0 Å². The maximum absolute atomic E-state index is 12.0. The molecule has 0 fully saturated rings. The van der Waals surface area contributed by atoms with Crippen LogP contribution in [0, 0.1) is 0 Å². The molecule has 130 valence electrons. The van der Waals surface area contributed by atoms with Gasteiger partial charge in [-0.15, -0.1) is 0 Å². The molecule has 0 aliphatic rings. The lowest BCUT2D eigenvalue weighted by Crippen LogP contribution is -3.00. The van der Waals surface area contributed by atoms with Crippen LogP contribution in [-0.4, -0.2) is 5.91 Å². The monoisotopic (exact) mass is 464 g/mol. The first-order valence-corrected chi connectivity index (χ1v) is 8.96. The SMILES string of the molecule is CCC[n+]1c(C=CN(C(C)=O)c2ccccc2)sc2ccccc21.[I-]. The number of hydrogen-bond acceptors (Lipinski definition) is 2. The van der Waals surface area contributed by atoms with E-state index in [2.05, 4.69) is 35.8 Å². The van der Waals surface area contributed by atoms with Gasteiger partial charge in [0.1, 0.15) is 11.2 Å². The van der Waals surface area contributed by atoms with E-state index in [1.54, 1.807) is 23.2 Å². The number of anilines is 1. The molecule has 5 heteroatoms. The Morgan fingerprint density at radius 2 is 1.80 bits per heavy atom. The fourth-order valence-electron chi connectivity index (χ4n) is 2.73. The third-order valence-corrected chi connectivity index (χ3v) is 4.95. The fraction of sp³-hybridized carbons (Fsp3) is 0.200. The van der Waals surface area contributed by atoms with Gasteiger partial charge in [-0.3, -0.25) is 9.69 Å². The smallest absolute Gasteiger partial charge is 0.264 e. The van der Waals surface area contributed by atoms with Crippen molar-refractivity contribution in [3.8, 4) is 0 Å². The van der Waals surface area contributed by atoms with Gasteiger partial charge >= 0.3 is 0 Å². The fourth-order valence-corrected chi connectivity index (χ4v) is 3.81. The Balaban J connectivity index is 0.00000225. The van der Waals surface area contributed by atoms with Crippen LogP contribution in [-0.2, 0) is 11.3 Å². The number of thiazole rings is 1. The molecule has 3 nitrogen and oxygen atoms in total. The zero-order valence-corrected chi connectivity index (χ0v) is 17.3. The third-order valence-electron chi connectivity index (χ3n) is 3.82. The number of carbonyl (C=O) groups is 1. The van der Waals surface area contributed by atoms with Gasteiger partial charge in [0.25, 0.3) is 5.01 Å². The zero-order valence-electron chi connectivity index (χ0n) is 14.4. The maximum Gasteiger partial charge on any atom is 0.264 e. The minimum Gasteiger partial charge on any atom is -1.00 e. The number of rotatable bonds is 5. The number of fused-ring (bicyclic) bond motifs is 1. The van der Waals surface area contributed by atoms with Gasteiger partial charge in [0, 0.05) is 37.4 Å². The van der Waals surface area contributed by atoms with Crippen LogP contribution in [0.4, 0.5) is 5.69 Å². The number of benzene rings is 2. The first kappa shape index (κ1) is 19.6. The summed E-state index contributed by atoms with van der Waals surface area (Å²) >= 11 is 1.75. The molecule has 0 radical (unpaired) electrons. The largest absolute Gasteiger partial charge is 1.00 e. The van der Waals surface area contributed by atoms with Crippen molar-refractivity contribution >= 4 is 39.2 Å². The Hall–Kier alpha value is -1.73. The molecule has 0 aliphatic heterocycles. The number of halogens is 1. The molecule has 0 bridgehead atoms. The summed E-state index contributed by atoms with van der Waals surface area (Å²) in [4.78, 5) is 13.7. The van der Waals surface area contributed by atoms with Crippen LogP contribution in [0.15, 0.2) is 60.8 Å². The van der Waals surface area contributed by atoms with Gasteiger partial charge in [0.05, 0.1) is 0 Å². The number of nitrogens with zero attached hydrogens (tertiary/aromatic N) is 2. The summed E-state index contributed by atoms with van der Waals surface area (Å²) in [5.74, 6) is 0.000558. The lowest BCUT2D eigenvalue weighted by molar-refractivity contribution is -0.668. The zero-order chi connectivity index (χ0) is 16.9. The molecule has 0 spiro atoms. The average molecular weight is 464 g/mol. The van der Waals surface area contributed by atoms with E-state index < -0.39 is 0 Å². The summed E-state index contributed by atoms with van der Waals surface area (Å²) in [6.07, 6.45) is 4.98. The molecular weight excluding hydrogens is 443 g/mol. The van der Waals surface area contributed by atoms with Gasteiger partial charge < -0.3 is 24.0 Å². The molecule has 0 aliphatic carbocycles. The number of aromatic nitrogens is 1. The normalized spacial score (nSPS) is 10.8. The van der Waals surface area contributed by atoms with Gasteiger partial charge in [0.2, 0.25) is 11.4 Å². The molecule has 0 saturated carbocycles. The van der Waals surface area contributed by atoms with Crippen LogP contribution in [0.25, 0.3) is 16.3 Å². The van der Waals surface area contributed by atoms with Crippen molar-refractivity contribution in [2.45, 2.75) is 26.8 Å². The predicted octanol–water partition coefficient (Wildman–Crippen LogP) is 1.63. The van der Waals surface area contributed by atoms with Crippen molar-refractivity contribution < 1.29 is 33.3 Å². The van der Waals surface area contributed by atoms with Crippen LogP contribution >= 0.6 is 11.3 Å². The van der Waals surface area contributed by atoms with Crippen LogP contribution in [0.1, 0.15) is 25.3 Å². The Kier molecular flexibility index (Phi) is 7.13. The van der Waals surface area contributed by atoms with E-state index in [0.717, 1.165) is 23.7 Å². The highest BCUT2D eigenvalue weighted by molar-refractivity contribution is 7.18. The van der Waals surface area contributed by atoms with Crippen LogP contribution < -0.4 is 33.4 Å². The second-order valence-electron chi connectivity index (χ2n) is 5.60. The van der Waals surface area contributed by atoms with E-state index in [1.807, 2.05) is 42.6 Å². The Bertz CT molecular complexity index is 874. The van der Waals surface area contributed by atoms with Gasteiger partial charge in [0.15, 0.2) is 0 Å².